The molecular weight excluding hydrogens is 641 g/mol. The van der Waals surface area contributed by atoms with Gasteiger partial charge in [0.15, 0.2) is 0 Å². The molecule has 50 heavy (non-hydrogen) atoms. The lowest BCUT2D eigenvalue weighted by Gasteiger charge is -2.63. The van der Waals surface area contributed by atoms with Gasteiger partial charge in [0.05, 0.1) is 13.2 Å². The van der Waals surface area contributed by atoms with Gasteiger partial charge < -0.3 is 19.0 Å². The number of benzene rings is 2. The minimum absolute atomic E-state index is 0.00957. The molecule has 0 spiro atoms. The van der Waals surface area contributed by atoms with E-state index in [2.05, 4.69) is 108 Å². The number of ether oxygens (including phenoxy) is 2. The molecule has 1 unspecified atom stereocenters. The molecule has 10 atom stereocenters. The van der Waals surface area contributed by atoms with Gasteiger partial charge in [-0.05, 0) is 89.4 Å². The molecule has 7 heteroatoms. The molecule has 0 heterocycles. The van der Waals surface area contributed by atoms with Gasteiger partial charge in [-0.1, -0.05) is 114 Å². The van der Waals surface area contributed by atoms with Gasteiger partial charge in [-0.15, -0.1) is 0 Å². The summed E-state index contributed by atoms with van der Waals surface area (Å²) >= 11 is 0. The van der Waals surface area contributed by atoms with Crippen LogP contribution in [0.4, 0.5) is 0 Å². The zero-order valence-electron chi connectivity index (χ0n) is 31.6. The molecule has 3 fully saturated rings. The van der Waals surface area contributed by atoms with Crippen molar-refractivity contribution in [3.63, 3.8) is 0 Å². The van der Waals surface area contributed by atoms with Gasteiger partial charge in [0.25, 0.3) is 8.32 Å². The summed E-state index contributed by atoms with van der Waals surface area (Å²) in [6, 6.07) is 21.8. The van der Waals surface area contributed by atoms with Crippen LogP contribution < -0.4 is 10.4 Å². The van der Waals surface area contributed by atoms with Crippen LogP contribution in [0, 0.1) is 40.4 Å². The first kappa shape index (κ1) is 37.0. The molecule has 0 saturated heterocycles. The first-order valence-electron chi connectivity index (χ1n) is 19.1. The zero-order valence-corrected chi connectivity index (χ0v) is 32.6. The molecule has 1 N–H and O–H groups in total. The van der Waals surface area contributed by atoms with Crippen molar-refractivity contribution >= 4 is 30.6 Å². The monoisotopic (exact) mass is 700 g/mol. The fourth-order valence-corrected chi connectivity index (χ4v) is 16.1. The Balaban J connectivity index is 1.31. The predicted molar refractivity (Wildman–Crippen MR) is 200 cm³/mol. The van der Waals surface area contributed by atoms with Crippen LogP contribution in [0.2, 0.25) is 5.04 Å². The molecule has 3 saturated carbocycles. The highest BCUT2D eigenvalue weighted by molar-refractivity contribution is 6.99. The Labute approximate surface area is 301 Å². The van der Waals surface area contributed by atoms with Crippen molar-refractivity contribution in [3.05, 3.63) is 72.3 Å². The van der Waals surface area contributed by atoms with Gasteiger partial charge >= 0.3 is 11.9 Å². The molecule has 4 aliphatic rings. The molecule has 0 amide bonds. The van der Waals surface area contributed by atoms with Gasteiger partial charge in [-0.25, -0.2) is 0 Å². The highest BCUT2D eigenvalue weighted by Gasteiger charge is 2.64. The highest BCUT2D eigenvalue weighted by atomic mass is 28.4. The van der Waals surface area contributed by atoms with E-state index >= 15 is 0 Å². The number of hydrogen-bond acceptors (Lipinski definition) is 6. The second kappa shape index (κ2) is 14.0. The molecule has 0 radical (unpaired) electrons. The Kier molecular flexibility index (Phi) is 10.4. The normalized spacial score (nSPS) is 34.4. The topological polar surface area (TPSA) is 82.1 Å². The lowest BCUT2D eigenvalue weighted by molar-refractivity contribution is -0.180. The van der Waals surface area contributed by atoms with E-state index in [4.69, 9.17) is 13.9 Å². The molecule has 0 aliphatic heterocycles. The van der Waals surface area contributed by atoms with Crippen molar-refractivity contribution in [1.29, 1.82) is 0 Å². The van der Waals surface area contributed by atoms with E-state index in [-0.39, 0.29) is 58.3 Å². The lowest BCUT2D eigenvalue weighted by Crippen LogP contribution is -2.68. The van der Waals surface area contributed by atoms with Crippen LogP contribution in [0.1, 0.15) is 99.8 Å². The van der Waals surface area contributed by atoms with Gasteiger partial charge in [-0.2, -0.15) is 0 Å². The third kappa shape index (κ3) is 6.23. The molecule has 2 aromatic rings. The number of rotatable bonds is 9. The van der Waals surface area contributed by atoms with E-state index < -0.39 is 19.8 Å². The van der Waals surface area contributed by atoms with Crippen LogP contribution in [0.5, 0.6) is 0 Å². The predicted octanol–water partition coefficient (Wildman–Crippen LogP) is 7.61. The number of allylic oxidation sites excluding steroid dienone is 1. The average molecular weight is 701 g/mol. The summed E-state index contributed by atoms with van der Waals surface area (Å²) in [5.41, 5.74) is 0.861. The summed E-state index contributed by atoms with van der Waals surface area (Å²) in [6.07, 6.45) is 8.12. The summed E-state index contributed by atoms with van der Waals surface area (Å²) in [5, 5.41) is 14.7. The number of fused-ring (bicyclic) bond motifs is 5. The van der Waals surface area contributed by atoms with E-state index in [1.165, 1.54) is 30.0 Å². The van der Waals surface area contributed by atoms with E-state index in [1.807, 2.05) is 0 Å². The van der Waals surface area contributed by atoms with Gasteiger partial charge in [0.1, 0.15) is 6.10 Å². The summed E-state index contributed by atoms with van der Waals surface area (Å²) < 4.78 is 18.9. The fourth-order valence-electron chi connectivity index (χ4n) is 11.4. The number of aliphatic hydroxyl groups excluding tert-OH is 1. The van der Waals surface area contributed by atoms with E-state index in [0.29, 0.717) is 18.8 Å². The molecule has 2 aromatic carbocycles. The van der Waals surface area contributed by atoms with E-state index in [1.54, 1.807) is 0 Å². The van der Waals surface area contributed by atoms with Gasteiger partial charge in [0.2, 0.25) is 0 Å². The van der Waals surface area contributed by atoms with Crippen molar-refractivity contribution in [3.8, 4) is 0 Å². The minimum atomic E-state index is -2.73. The van der Waals surface area contributed by atoms with Crippen molar-refractivity contribution in [2.45, 2.75) is 123 Å². The number of carbonyl (C=O) groups excluding carboxylic acids is 2. The van der Waals surface area contributed by atoms with Crippen LogP contribution in [0.3, 0.4) is 0 Å². The average Bonchev–Trinajstić information content (AvgIpc) is 3.45. The quantitative estimate of drug-likeness (QED) is 0.165. The second-order valence-corrected chi connectivity index (χ2v) is 21.8. The maximum atomic E-state index is 12.7. The Morgan fingerprint density at radius 3 is 2.16 bits per heavy atom. The van der Waals surface area contributed by atoms with Crippen molar-refractivity contribution in [2.24, 2.45) is 40.4 Å². The van der Waals surface area contributed by atoms with Crippen molar-refractivity contribution in [2.75, 3.05) is 7.11 Å². The van der Waals surface area contributed by atoms with Gasteiger partial charge in [0, 0.05) is 30.8 Å². The smallest absolute Gasteiger partial charge is 0.305 e. The minimum Gasteiger partial charge on any atom is -0.469 e. The first-order chi connectivity index (χ1) is 23.7. The zero-order chi connectivity index (χ0) is 36.1. The Hall–Kier alpha value is -2.74. The van der Waals surface area contributed by atoms with Crippen molar-refractivity contribution in [1.82, 2.24) is 0 Å². The maximum Gasteiger partial charge on any atom is 0.305 e. The fraction of sp³-hybridized carbons (Fsp3) is 0.628. The number of methoxy groups -OCH3 is 1. The van der Waals surface area contributed by atoms with Gasteiger partial charge in [-0.3, -0.25) is 9.59 Å². The van der Waals surface area contributed by atoms with E-state index in [0.717, 1.165) is 38.5 Å². The molecule has 6 rings (SSSR count). The van der Waals surface area contributed by atoms with Crippen LogP contribution >= 0.6 is 0 Å². The summed E-state index contributed by atoms with van der Waals surface area (Å²) in [5.74, 6) is 0.636. The Morgan fingerprint density at radius 2 is 1.60 bits per heavy atom. The molecule has 272 valence electrons. The molecule has 6 nitrogen and oxygen atoms in total. The van der Waals surface area contributed by atoms with Crippen LogP contribution in [0.15, 0.2) is 72.3 Å². The highest BCUT2D eigenvalue weighted by Crippen LogP contribution is 2.67. The number of aliphatic hydroxyl groups is 1. The lowest BCUT2D eigenvalue weighted by atomic mass is 9.44. The second-order valence-electron chi connectivity index (χ2n) is 17.5. The van der Waals surface area contributed by atoms with Crippen LogP contribution in [-0.2, 0) is 23.5 Å². The summed E-state index contributed by atoms with van der Waals surface area (Å²) in [7, 11) is -1.29. The Bertz CT molecular complexity index is 1510. The van der Waals surface area contributed by atoms with E-state index in [9.17, 15) is 14.7 Å². The van der Waals surface area contributed by atoms with Crippen LogP contribution in [0.25, 0.3) is 0 Å². The molecular formula is C43H60O6Si. The summed E-state index contributed by atoms with van der Waals surface area (Å²) in [6.45, 7) is 15.5. The molecule has 0 bridgehead atoms. The largest absolute Gasteiger partial charge is 0.469 e. The van der Waals surface area contributed by atoms with Crippen LogP contribution in [-0.4, -0.2) is 50.8 Å². The van der Waals surface area contributed by atoms with Crippen molar-refractivity contribution < 1.29 is 28.6 Å². The SMILES string of the molecule is COC(=O)CC[C@@H](C)[C@H]1CC=C2[C@@H]3[C@H](OC(C)=O)C[C@@H]4C[C@H](O[Si](c5ccccc5)(c5ccccc5)C(C)(C)C)CC[C@]4(C)[C@H]3CC(O)[C@@]21C. The third-order valence-corrected chi connectivity index (χ3v) is 19.1. The Morgan fingerprint density at radius 1 is 0.980 bits per heavy atom. The first-order valence-corrected chi connectivity index (χ1v) is 21.0. The molecule has 4 aliphatic carbocycles. The third-order valence-electron chi connectivity index (χ3n) is 14.0. The maximum absolute atomic E-state index is 12.7. The standard InChI is InChI=1S/C43H60O6Si/c1-28(19-22-39(46)47-8)34-20-21-35-40-36(27-38(45)43(34,35)7)42(6)24-23-31(25-30(42)26-37(40)48-29(2)44)49-50(41(3,4)5,32-15-11-9-12-16-32)33-17-13-10-14-18-33/h9-18,21,28,30-31,34,36-38,40,45H,19-20,22-27H2,1-8H3/t28-,30+,31-,34-,36+,37-,38?,40+,42+,43-/m1/s1. The number of carbonyl (C=O) groups is 2. The summed E-state index contributed by atoms with van der Waals surface area (Å²) in [4.78, 5) is 24.7. The number of hydrogen-bond donors (Lipinski definition) is 1. The molecule has 0 aromatic heterocycles. The number of esters is 2.